The van der Waals surface area contributed by atoms with Crippen molar-refractivity contribution in [2.45, 2.75) is 11.8 Å². The first-order valence-corrected chi connectivity index (χ1v) is 4.99. The van der Waals surface area contributed by atoms with Crippen LogP contribution in [0.5, 0.6) is 0 Å². The van der Waals surface area contributed by atoms with Crippen molar-refractivity contribution in [1.82, 2.24) is 5.01 Å². The minimum absolute atomic E-state index is 0.259. The van der Waals surface area contributed by atoms with Crippen molar-refractivity contribution in [2.24, 2.45) is 11.2 Å². The van der Waals surface area contributed by atoms with E-state index in [2.05, 4.69) is 29.6 Å². The average Bonchev–Trinajstić information content (AvgIpc) is 2.83. The van der Waals surface area contributed by atoms with Crippen molar-refractivity contribution in [2.75, 3.05) is 13.1 Å². The maximum Gasteiger partial charge on any atom is 0.0524 e. The lowest BCUT2D eigenvalue weighted by atomic mass is 9.95. The molecule has 1 saturated carbocycles. The fourth-order valence-corrected chi connectivity index (χ4v) is 2.74. The molecule has 1 heterocycles. The highest BCUT2D eigenvalue weighted by Crippen LogP contribution is 2.58. The maximum absolute atomic E-state index is 10.4. The summed E-state index contributed by atoms with van der Waals surface area (Å²) in [6.07, 6.45) is 1.23. The summed E-state index contributed by atoms with van der Waals surface area (Å²) >= 11 is 0. The van der Waals surface area contributed by atoms with E-state index in [0.29, 0.717) is 5.92 Å². The van der Waals surface area contributed by atoms with Gasteiger partial charge in [0.05, 0.1) is 5.29 Å². The first-order chi connectivity index (χ1) is 6.85. The zero-order valence-electron chi connectivity index (χ0n) is 7.89. The fourth-order valence-electron chi connectivity index (χ4n) is 2.74. The zero-order valence-corrected chi connectivity index (χ0v) is 7.89. The third-order valence-corrected chi connectivity index (χ3v) is 3.59. The molecule has 3 nitrogen and oxygen atoms in total. The van der Waals surface area contributed by atoms with E-state index in [-0.39, 0.29) is 5.41 Å². The quantitative estimate of drug-likeness (QED) is 0.664. The fraction of sp³-hybridized carbons (Fsp3) is 0.455. The summed E-state index contributed by atoms with van der Waals surface area (Å²) < 4.78 is 0. The van der Waals surface area contributed by atoms with Crippen LogP contribution >= 0.6 is 0 Å². The van der Waals surface area contributed by atoms with Crippen molar-refractivity contribution in [3.8, 4) is 0 Å². The first kappa shape index (κ1) is 7.97. The van der Waals surface area contributed by atoms with Crippen LogP contribution < -0.4 is 0 Å². The van der Waals surface area contributed by atoms with Crippen LogP contribution in [0.2, 0.25) is 0 Å². The number of hydrogen-bond acceptors (Lipinski definition) is 2. The Morgan fingerprint density at radius 1 is 1.36 bits per heavy atom. The second kappa shape index (κ2) is 2.56. The van der Waals surface area contributed by atoms with Crippen LogP contribution in [0.4, 0.5) is 0 Å². The van der Waals surface area contributed by atoms with Crippen molar-refractivity contribution >= 4 is 0 Å². The van der Waals surface area contributed by atoms with Crippen LogP contribution in [-0.2, 0) is 5.41 Å². The summed E-state index contributed by atoms with van der Waals surface area (Å²) in [6, 6.07) is 10.5. The Hall–Kier alpha value is -1.38. The Morgan fingerprint density at radius 3 is 2.79 bits per heavy atom. The molecule has 0 bridgehead atoms. The van der Waals surface area contributed by atoms with Crippen LogP contribution in [-0.4, -0.2) is 18.1 Å². The third-order valence-electron chi connectivity index (χ3n) is 3.59. The van der Waals surface area contributed by atoms with Crippen LogP contribution in [0.3, 0.4) is 0 Å². The average molecular weight is 188 g/mol. The summed E-state index contributed by atoms with van der Waals surface area (Å²) in [5.41, 5.74) is 1.63. The van der Waals surface area contributed by atoms with Crippen molar-refractivity contribution in [1.29, 1.82) is 0 Å². The molecule has 1 aromatic rings. The molecule has 2 aliphatic rings. The molecule has 1 aromatic carbocycles. The number of benzene rings is 1. The molecule has 0 N–H and O–H groups in total. The molecule has 1 aliphatic carbocycles. The summed E-state index contributed by atoms with van der Waals surface area (Å²) in [6.45, 7) is 1.66. The lowest BCUT2D eigenvalue weighted by Gasteiger charge is -2.14. The Balaban J connectivity index is 1.91. The van der Waals surface area contributed by atoms with Gasteiger partial charge in [-0.3, -0.25) is 5.01 Å². The van der Waals surface area contributed by atoms with Crippen LogP contribution in [0.1, 0.15) is 12.0 Å². The van der Waals surface area contributed by atoms with Gasteiger partial charge in [-0.05, 0) is 17.9 Å². The van der Waals surface area contributed by atoms with Crippen molar-refractivity contribution < 1.29 is 0 Å². The Kier molecular flexibility index (Phi) is 1.46. The second-order valence-electron chi connectivity index (χ2n) is 4.35. The maximum atomic E-state index is 10.4. The number of hydrogen-bond donors (Lipinski definition) is 0. The minimum atomic E-state index is 0.259. The van der Waals surface area contributed by atoms with Gasteiger partial charge < -0.3 is 0 Å². The van der Waals surface area contributed by atoms with Gasteiger partial charge in [0, 0.05) is 18.5 Å². The number of piperidine rings is 1. The highest BCUT2D eigenvalue weighted by atomic mass is 16.3. The summed E-state index contributed by atoms with van der Waals surface area (Å²) in [5.74, 6) is 0.655. The smallest absolute Gasteiger partial charge is 0.0524 e. The molecular formula is C11H12N2O. The van der Waals surface area contributed by atoms with Gasteiger partial charge in [0.15, 0.2) is 0 Å². The van der Waals surface area contributed by atoms with Gasteiger partial charge in [-0.25, -0.2) is 0 Å². The lowest BCUT2D eigenvalue weighted by molar-refractivity contribution is 0.310. The van der Waals surface area contributed by atoms with Gasteiger partial charge in [0.1, 0.15) is 0 Å². The van der Waals surface area contributed by atoms with E-state index in [1.54, 1.807) is 5.01 Å². The van der Waals surface area contributed by atoms with E-state index in [1.165, 1.54) is 12.0 Å². The molecule has 0 amide bonds. The monoisotopic (exact) mass is 188 g/mol. The van der Waals surface area contributed by atoms with Gasteiger partial charge in [0.25, 0.3) is 0 Å². The van der Waals surface area contributed by atoms with Crippen molar-refractivity contribution in [3.63, 3.8) is 0 Å². The molecule has 2 unspecified atom stereocenters. The molecule has 3 heteroatoms. The van der Waals surface area contributed by atoms with Crippen LogP contribution in [0.15, 0.2) is 35.6 Å². The largest absolute Gasteiger partial charge is 0.260 e. The van der Waals surface area contributed by atoms with E-state index in [0.717, 1.165) is 13.1 Å². The highest BCUT2D eigenvalue weighted by Gasteiger charge is 2.61. The highest BCUT2D eigenvalue weighted by molar-refractivity contribution is 5.36. The van der Waals surface area contributed by atoms with Gasteiger partial charge >= 0.3 is 0 Å². The Morgan fingerprint density at radius 2 is 2.14 bits per heavy atom. The van der Waals surface area contributed by atoms with Crippen molar-refractivity contribution in [3.05, 3.63) is 40.8 Å². The molecule has 1 aliphatic heterocycles. The molecule has 2 fully saturated rings. The van der Waals surface area contributed by atoms with Gasteiger partial charge in [-0.2, -0.15) is 0 Å². The number of nitrogens with zero attached hydrogens (tertiary/aromatic N) is 2. The topological polar surface area (TPSA) is 32.7 Å². The van der Waals surface area contributed by atoms with E-state index in [9.17, 15) is 4.91 Å². The Labute approximate surface area is 82.7 Å². The lowest BCUT2D eigenvalue weighted by Crippen LogP contribution is -2.20. The SMILES string of the molecule is O=NN1CC2CC2(c2ccccc2)C1. The summed E-state index contributed by atoms with van der Waals surface area (Å²) in [7, 11) is 0. The molecule has 72 valence electrons. The number of nitroso groups, excluding NO2 is 1. The third kappa shape index (κ3) is 0.924. The normalized spacial score (nSPS) is 34.0. The molecule has 1 saturated heterocycles. The van der Waals surface area contributed by atoms with E-state index in [1.807, 2.05) is 6.07 Å². The summed E-state index contributed by atoms with van der Waals surface area (Å²) in [4.78, 5) is 10.4. The van der Waals surface area contributed by atoms with E-state index < -0.39 is 0 Å². The second-order valence-corrected chi connectivity index (χ2v) is 4.35. The minimum Gasteiger partial charge on any atom is -0.260 e. The van der Waals surface area contributed by atoms with Gasteiger partial charge in [-0.1, -0.05) is 30.3 Å². The Bertz CT molecular complexity index is 365. The van der Waals surface area contributed by atoms with E-state index >= 15 is 0 Å². The molecule has 0 spiro atoms. The molecule has 0 aromatic heterocycles. The van der Waals surface area contributed by atoms with Gasteiger partial charge in [-0.15, -0.1) is 4.91 Å². The van der Waals surface area contributed by atoms with Crippen LogP contribution in [0, 0.1) is 10.8 Å². The molecule has 2 atom stereocenters. The predicted molar refractivity (Wildman–Crippen MR) is 53.6 cm³/mol. The number of fused-ring (bicyclic) bond motifs is 1. The number of rotatable bonds is 2. The summed E-state index contributed by atoms with van der Waals surface area (Å²) in [5, 5.41) is 4.68. The molecule has 3 rings (SSSR count). The predicted octanol–water partition coefficient (Wildman–Crippen LogP) is 1.94. The standard InChI is InChI=1S/C11H12N2O/c14-12-13-7-10-6-11(10,8-13)9-4-2-1-3-5-9/h1-5,10H,6-8H2. The van der Waals surface area contributed by atoms with E-state index in [4.69, 9.17) is 0 Å². The first-order valence-electron chi connectivity index (χ1n) is 4.99. The van der Waals surface area contributed by atoms with Crippen LogP contribution in [0.25, 0.3) is 0 Å². The molecule has 0 radical (unpaired) electrons. The molecular weight excluding hydrogens is 176 g/mol. The van der Waals surface area contributed by atoms with Gasteiger partial charge in [0.2, 0.25) is 0 Å². The molecule has 14 heavy (non-hydrogen) atoms. The zero-order chi connectivity index (χ0) is 9.60.